The summed E-state index contributed by atoms with van der Waals surface area (Å²) in [6.45, 7) is 1.97. The van der Waals surface area contributed by atoms with Crippen molar-refractivity contribution in [1.29, 1.82) is 0 Å². The van der Waals surface area contributed by atoms with Crippen molar-refractivity contribution in [3.63, 3.8) is 0 Å². The molecule has 16 heavy (non-hydrogen) atoms. The monoisotopic (exact) mass is 236 g/mol. The van der Waals surface area contributed by atoms with Crippen molar-refractivity contribution in [3.05, 3.63) is 35.4 Å². The average molecular weight is 236 g/mol. The van der Waals surface area contributed by atoms with Crippen LogP contribution in [0.3, 0.4) is 0 Å². The topological polar surface area (TPSA) is 37.3 Å². The molecule has 3 heteroatoms. The van der Waals surface area contributed by atoms with Gasteiger partial charge in [-0.1, -0.05) is 31.2 Å². The van der Waals surface area contributed by atoms with Crippen molar-refractivity contribution in [2.45, 2.75) is 25.2 Å². The Hall–Kier alpha value is -0.960. The molecule has 0 amide bonds. The molecule has 0 aromatic heterocycles. The third-order valence-electron chi connectivity index (χ3n) is 3.07. The van der Waals surface area contributed by atoms with Gasteiger partial charge in [0.15, 0.2) is 0 Å². The molecule has 86 valence electrons. The number of carbonyl (C=O) groups is 1. The molecule has 1 aromatic rings. The summed E-state index contributed by atoms with van der Waals surface area (Å²) in [7, 11) is 0. The van der Waals surface area contributed by atoms with E-state index in [1.54, 1.807) is 0 Å². The van der Waals surface area contributed by atoms with Crippen molar-refractivity contribution in [2.24, 2.45) is 0 Å². The summed E-state index contributed by atoms with van der Waals surface area (Å²) in [6.07, 6.45) is 0.211. The van der Waals surface area contributed by atoms with Crippen molar-refractivity contribution in [3.8, 4) is 0 Å². The van der Waals surface area contributed by atoms with E-state index in [9.17, 15) is 4.79 Å². The number of benzene rings is 1. The fourth-order valence-electron chi connectivity index (χ4n) is 1.93. The van der Waals surface area contributed by atoms with Gasteiger partial charge in [0, 0.05) is 17.4 Å². The molecule has 1 unspecified atom stereocenters. The smallest absolute Gasteiger partial charge is 0.303 e. The molecule has 1 aliphatic rings. The quantitative estimate of drug-likeness (QED) is 0.872. The number of rotatable bonds is 4. The highest BCUT2D eigenvalue weighted by molar-refractivity contribution is 8.00. The van der Waals surface area contributed by atoms with E-state index in [2.05, 4.69) is 12.1 Å². The second-order valence-electron chi connectivity index (χ2n) is 4.40. The molecule has 0 radical (unpaired) electrons. The van der Waals surface area contributed by atoms with Crippen LogP contribution >= 0.6 is 11.8 Å². The van der Waals surface area contributed by atoms with Gasteiger partial charge in [0.1, 0.15) is 0 Å². The lowest BCUT2D eigenvalue weighted by Crippen LogP contribution is -2.15. The molecule has 2 nitrogen and oxygen atoms in total. The SMILES string of the molecule is CC(CC(=O)O)c1cccc(C2CSC2)c1. The van der Waals surface area contributed by atoms with Gasteiger partial charge >= 0.3 is 5.97 Å². The predicted molar refractivity (Wildman–Crippen MR) is 67.2 cm³/mol. The number of thioether (sulfide) groups is 1. The standard InChI is InChI=1S/C13H16O2S/c1-9(5-13(14)15)10-3-2-4-11(6-10)12-7-16-8-12/h2-4,6,9,12H,5,7-8H2,1H3,(H,14,15). The van der Waals surface area contributed by atoms with E-state index in [-0.39, 0.29) is 12.3 Å². The van der Waals surface area contributed by atoms with Crippen LogP contribution in [-0.4, -0.2) is 22.6 Å². The van der Waals surface area contributed by atoms with Crippen LogP contribution in [0.1, 0.15) is 36.3 Å². The van der Waals surface area contributed by atoms with E-state index in [0.717, 1.165) is 5.56 Å². The van der Waals surface area contributed by atoms with Crippen LogP contribution in [0.15, 0.2) is 24.3 Å². The Bertz CT molecular complexity index is 385. The van der Waals surface area contributed by atoms with Crippen molar-refractivity contribution >= 4 is 17.7 Å². The lowest BCUT2D eigenvalue weighted by Gasteiger charge is -2.26. The maximum absolute atomic E-state index is 10.7. The zero-order valence-electron chi connectivity index (χ0n) is 9.35. The van der Waals surface area contributed by atoms with Gasteiger partial charge in [-0.15, -0.1) is 0 Å². The van der Waals surface area contributed by atoms with Crippen LogP contribution in [0.2, 0.25) is 0 Å². The first kappa shape index (κ1) is 11.5. The van der Waals surface area contributed by atoms with E-state index in [1.807, 2.05) is 30.8 Å². The van der Waals surface area contributed by atoms with Gasteiger partial charge in [-0.05, 0) is 17.0 Å². The third kappa shape index (κ3) is 2.59. The van der Waals surface area contributed by atoms with E-state index in [4.69, 9.17) is 5.11 Å². The maximum Gasteiger partial charge on any atom is 0.303 e. The molecule has 0 aliphatic carbocycles. The number of carboxylic acid groups (broad SMARTS) is 1. The minimum atomic E-state index is -0.725. The van der Waals surface area contributed by atoms with Gasteiger partial charge < -0.3 is 5.11 Å². The highest BCUT2D eigenvalue weighted by atomic mass is 32.2. The Labute approximate surface area is 100 Å². The van der Waals surface area contributed by atoms with Crippen LogP contribution in [-0.2, 0) is 4.79 Å². The molecular weight excluding hydrogens is 220 g/mol. The fraction of sp³-hybridized carbons (Fsp3) is 0.462. The van der Waals surface area contributed by atoms with E-state index in [0.29, 0.717) is 5.92 Å². The van der Waals surface area contributed by atoms with Crippen molar-refractivity contribution in [1.82, 2.24) is 0 Å². The first-order valence-electron chi connectivity index (χ1n) is 5.56. The summed E-state index contributed by atoms with van der Waals surface area (Å²) in [5.74, 6) is 2.47. The van der Waals surface area contributed by atoms with E-state index in [1.165, 1.54) is 17.1 Å². The predicted octanol–water partition coefficient (Wildman–Crippen LogP) is 3.10. The number of carboxylic acids is 1. The van der Waals surface area contributed by atoms with Crippen LogP contribution in [0, 0.1) is 0 Å². The summed E-state index contributed by atoms with van der Waals surface area (Å²) in [4.78, 5) is 10.7. The van der Waals surface area contributed by atoms with Crippen LogP contribution in [0.5, 0.6) is 0 Å². The zero-order chi connectivity index (χ0) is 11.5. The number of hydrogen-bond acceptors (Lipinski definition) is 2. The molecule has 0 bridgehead atoms. The van der Waals surface area contributed by atoms with E-state index >= 15 is 0 Å². The molecule has 1 saturated heterocycles. The molecule has 1 N–H and O–H groups in total. The van der Waals surface area contributed by atoms with Gasteiger partial charge in [0.25, 0.3) is 0 Å². The molecule has 1 aromatic carbocycles. The van der Waals surface area contributed by atoms with Gasteiger partial charge in [-0.3, -0.25) is 4.79 Å². The highest BCUT2D eigenvalue weighted by Gasteiger charge is 2.21. The Morgan fingerprint density at radius 3 is 2.88 bits per heavy atom. The second kappa shape index (κ2) is 4.91. The molecule has 1 heterocycles. The average Bonchev–Trinajstić information content (AvgIpc) is 2.14. The highest BCUT2D eigenvalue weighted by Crippen LogP contribution is 2.35. The van der Waals surface area contributed by atoms with Crippen LogP contribution < -0.4 is 0 Å². The first-order chi connectivity index (χ1) is 7.66. The zero-order valence-corrected chi connectivity index (χ0v) is 10.2. The number of hydrogen-bond donors (Lipinski definition) is 1. The number of aliphatic carboxylic acids is 1. The maximum atomic E-state index is 10.7. The first-order valence-corrected chi connectivity index (χ1v) is 6.71. The fourth-order valence-corrected chi connectivity index (χ4v) is 2.78. The summed E-state index contributed by atoms with van der Waals surface area (Å²) < 4.78 is 0. The lowest BCUT2D eigenvalue weighted by atomic mass is 9.93. The lowest BCUT2D eigenvalue weighted by molar-refractivity contribution is -0.137. The molecule has 1 atom stereocenters. The van der Waals surface area contributed by atoms with Crippen LogP contribution in [0.4, 0.5) is 0 Å². The molecule has 1 aliphatic heterocycles. The summed E-state index contributed by atoms with van der Waals surface area (Å²) >= 11 is 1.97. The normalized spacial score (nSPS) is 17.8. The van der Waals surface area contributed by atoms with Crippen LogP contribution in [0.25, 0.3) is 0 Å². The van der Waals surface area contributed by atoms with Crippen molar-refractivity contribution < 1.29 is 9.90 Å². The summed E-state index contributed by atoms with van der Waals surface area (Å²) in [5.41, 5.74) is 2.52. The van der Waals surface area contributed by atoms with Gasteiger partial charge in [0.2, 0.25) is 0 Å². The second-order valence-corrected chi connectivity index (χ2v) is 5.48. The molecule has 2 rings (SSSR count). The minimum Gasteiger partial charge on any atom is -0.481 e. The largest absolute Gasteiger partial charge is 0.481 e. The molecule has 0 spiro atoms. The molecule has 0 saturated carbocycles. The third-order valence-corrected chi connectivity index (χ3v) is 4.35. The van der Waals surface area contributed by atoms with Gasteiger partial charge in [0.05, 0.1) is 6.42 Å². The summed E-state index contributed by atoms with van der Waals surface area (Å²) in [6, 6.07) is 8.41. The molecular formula is C13H16O2S. The van der Waals surface area contributed by atoms with Gasteiger partial charge in [-0.2, -0.15) is 11.8 Å². The Morgan fingerprint density at radius 2 is 2.31 bits per heavy atom. The van der Waals surface area contributed by atoms with Gasteiger partial charge in [-0.25, -0.2) is 0 Å². The minimum absolute atomic E-state index is 0.102. The Kier molecular flexibility index (Phi) is 3.54. The van der Waals surface area contributed by atoms with E-state index < -0.39 is 5.97 Å². The molecule has 1 fully saturated rings. The van der Waals surface area contributed by atoms with Crippen molar-refractivity contribution in [2.75, 3.05) is 11.5 Å². The Balaban J connectivity index is 2.11. The summed E-state index contributed by atoms with van der Waals surface area (Å²) in [5, 5.41) is 8.78. The Morgan fingerprint density at radius 1 is 1.56 bits per heavy atom.